The Labute approximate surface area is 55.4 Å². The summed E-state index contributed by atoms with van der Waals surface area (Å²) in [6.07, 6.45) is 0.515. The third kappa shape index (κ3) is 4.36. The second-order valence-electron chi connectivity index (χ2n) is 1.90. The van der Waals surface area contributed by atoms with Crippen LogP contribution < -0.4 is 5.32 Å². The van der Waals surface area contributed by atoms with Gasteiger partial charge >= 0.3 is 0 Å². The second-order valence-corrected chi connectivity index (χ2v) is 1.90. The molecule has 0 saturated heterocycles. The normalized spacial score (nSPS) is 13.7. The lowest BCUT2D eigenvalue weighted by molar-refractivity contribution is 0.0732. The molecule has 0 fully saturated rings. The monoisotopic (exact) mass is 135 g/mol. The van der Waals surface area contributed by atoms with Gasteiger partial charge in [0.1, 0.15) is 6.67 Å². The largest absolute Gasteiger partial charge is 0.379 e. The molecule has 0 radical (unpaired) electrons. The van der Waals surface area contributed by atoms with Gasteiger partial charge in [-0.1, -0.05) is 0 Å². The summed E-state index contributed by atoms with van der Waals surface area (Å²) in [5.74, 6) is 0. The summed E-state index contributed by atoms with van der Waals surface area (Å²) in [5, 5.41) is 2.92. The van der Waals surface area contributed by atoms with Crippen molar-refractivity contribution in [2.24, 2.45) is 0 Å². The molecule has 0 rings (SSSR count). The van der Waals surface area contributed by atoms with Crippen molar-refractivity contribution in [1.82, 2.24) is 5.32 Å². The molecule has 0 heterocycles. The van der Waals surface area contributed by atoms with Crippen LogP contribution in [0.5, 0.6) is 0 Å². The molecule has 0 aromatic rings. The summed E-state index contributed by atoms with van der Waals surface area (Å²) in [6, 6.07) is 0. The molecule has 2 nitrogen and oxygen atoms in total. The van der Waals surface area contributed by atoms with Crippen LogP contribution in [0.15, 0.2) is 0 Å². The molecule has 0 spiro atoms. The van der Waals surface area contributed by atoms with E-state index in [9.17, 15) is 4.39 Å². The minimum Gasteiger partial charge on any atom is -0.379 e. The van der Waals surface area contributed by atoms with Crippen molar-refractivity contribution in [3.63, 3.8) is 0 Å². The Hall–Kier alpha value is -0.150. The summed E-state index contributed by atoms with van der Waals surface area (Å²) < 4.78 is 16.6. The molecule has 3 heteroatoms. The fourth-order valence-corrected chi connectivity index (χ4v) is 0.563. The molecule has 1 unspecified atom stereocenters. The second kappa shape index (κ2) is 5.98. The van der Waals surface area contributed by atoms with Crippen molar-refractivity contribution >= 4 is 0 Å². The molecule has 0 bridgehead atoms. The average molecular weight is 135 g/mol. The summed E-state index contributed by atoms with van der Waals surface area (Å²) >= 11 is 0. The zero-order valence-corrected chi connectivity index (χ0v) is 5.98. The summed E-state index contributed by atoms with van der Waals surface area (Å²) in [5.41, 5.74) is 0. The highest BCUT2D eigenvalue weighted by Gasteiger charge is 2.03. The summed E-state index contributed by atoms with van der Waals surface area (Å²) in [4.78, 5) is 0. The third-order valence-electron chi connectivity index (χ3n) is 1.22. The lowest BCUT2D eigenvalue weighted by atomic mass is 10.3. The third-order valence-corrected chi connectivity index (χ3v) is 1.22. The minimum atomic E-state index is -0.391. The van der Waals surface area contributed by atoms with Crippen LogP contribution in [0.3, 0.4) is 0 Å². The van der Waals surface area contributed by atoms with E-state index in [0.717, 1.165) is 13.0 Å². The molecule has 0 amide bonds. The SMILES string of the molecule is CNCCC(CF)OC. The molecule has 0 aromatic carbocycles. The number of ether oxygens (including phenoxy) is 1. The van der Waals surface area contributed by atoms with E-state index in [1.165, 1.54) is 7.11 Å². The molecule has 0 aliphatic rings. The van der Waals surface area contributed by atoms with Gasteiger partial charge in [-0.15, -0.1) is 0 Å². The molecule has 0 aliphatic heterocycles. The highest BCUT2D eigenvalue weighted by Crippen LogP contribution is 1.95. The Morgan fingerprint density at radius 1 is 1.67 bits per heavy atom. The van der Waals surface area contributed by atoms with Crippen molar-refractivity contribution in [3.8, 4) is 0 Å². The lowest BCUT2D eigenvalue weighted by Crippen LogP contribution is -2.20. The van der Waals surface area contributed by atoms with Gasteiger partial charge in [0.2, 0.25) is 0 Å². The highest BCUT2D eigenvalue weighted by molar-refractivity contribution is 4.55. The van der Waals surface area contributed by atoms with Gasteiger partial charge in [0, 0.05) is 7.11 Å². The molecule has 9 heavy (non-hydrogen) atoms. The fourth-order valence-electron chi connectivity index (χ4n) is 0.563. The van der Waals surface area contributed by atoms with Crippen molar-refractivity contribution in [2.45, 2.75) is 12.5 Å². The van der Waals surface area contributed by atoms with Gasteiger partial charge in [-0.05, 0) is 20.0 Å². The van der Waals surface area contributed by atoms with Crippen LogP contribution in [-0.2, 0) is 4.74 Å². The standard InChI is InChI=1S/C6H14FNO/c1-8-4-3-6(5-7)9-2/h6,8H,3-5H2,1-2H3. The first kappa shape index (κ1) is 8.85. The topological polar surface area (TPSA) is 21.3 Å². The van der Waals surface area contributed by atoms with Gasteiger partial charge in [-0.3, -0.25) is 0 Å². The first-order valence-corrected chi connectivity index (χ1v) is 3.08. The van der Waals surface area contributed by atoms with E-state index in [1.54, 1.807) is 0 Å². The maximum absolute atomic E-state index is 11.8. The zero-order chi connectivity index (χ0) is 7.11. The molecule has 1 N–H and O–H groups in total. The number of methoxy groups -OCH3 is 1. The maximum atomic E-state index is 11.8. The van der Waals surface area contributed by atoms with Crippen LogP contribution >= 0.6 is 0 Å². The van der Waals surface area contributed by atoms with E-state index in [2.05, 4.69) is 5.32 Å². The van der Waals surface area contributed by atoms with Crippen molar-refractivity contribution in [3.05, 3.63) is 0 Å². The van der Waals surface area contributed by atoms with Gasteiger partial charge in [-0.25, -0.2) is 4.39 Å². The lowest BCUT2D eigenvalue weighted by Gasteiger charge is -2.09. The summed E-state index contributed by atoms with van der Waals surface area (Å²) in [7, 11) is 3.37. The van der Waals surface area contributed by atoms with Gasteiger partial charge in [0.25, 0.3) is 0 Å². The Balaban J connectivity index is 3.09. The number of alkyl halides is 1. The van der Waals surface area contributed by atoms with Gasteiger partial charge in [-0.2, -0.15) is 0 Å². The minimum absolute atomic E-state index is 0.225. The highest BCUT2D eigenvalue weighted by atomic mass is 19.1. The van der Waals surface area contributed by atoms with Crippen molar-refractivity contribution in [2.75, 3.05) is 27.4 Å². The first-order valence-electron chi connectivity index (χ1n) is 3.08. The molecule has 0 aliphatic carbocycles. The van der Waals surface area contributed by atoms with Gasteiger partial charge in [0.15, 0.2) is 0 Å². The van der Waals surface area contributed by atoms with E-state index >= 15 is 0 Å². The Morgan fingerprint density at radius 2 is 2.33 bits per heavy atom. The molecule has 0 aromatic heterocycles. The van der Waals surface area contributed by atoms with Crippen LogP contribution in [0.4, 0.5) is 4.39 Å². The zero-order valence-electron chi connectivity index (χ0n) is 5.98. The molecular weight excluding hydrogens is 121 g/mol. The quantitative estimate of drug-likeness (QED) is 0.595. The number of hydrogen-bond acceptors (Lipinski definition) is 2. The number of nitrogens with one attached hydrogen (secondary N) is 1. The molecular formula is C6H14FNO. The van der Waals surface area contributed by atoms with E-state index in [-0.39, 0.29) is 6.10 Å². The van der Waals surface area contributed by atoms with Crippen LogP contribution in [0, 0.1) is 0 Å². The predicted molar refractivity (Wildman–Crippen MR) is 35.3 cm³/mol. The van der Waals surface area contributed by atoms with E-state index in [4.69, 9.17) is 4.74 Å². The van der Waals surface area contributed by atoms with Crippen LogP contribution in [0.2, 0.25) is 0 Å². The van der Waals surface area contributed by atoms with Crippen LogP contribution in [0.1, 0.15) is 6.42 Å². The Morgan fingerprint density at radius 3 is 2.67 bits per heavy atom. The molecule has 56 valence electrons. The predicted octanol–water partition coefficient (Wildman–Crippen LogP) is 0.580. The summed E-state index contributed by atoms with van der Waals surface area (Å²) in [6.45, 7) is 0.417. The van der Waals surface area contributed by atoms with E-state index < -0.39 is 6.67 Å². The van der Waals surface area contributed by atoms with E-state index in [1.807, 2.05) is 7.05 Å². The van der Waals surface area contributed by atoms with Crippen LogP contribution in [0.25, 0.3) is 0 Å². The number of halogens is 1. The van der Waals surface area contributed by atoms with Gasteiger partial charge < -0.3 is 10.1 Å². The number of rotatable bonds is 5. The maximum Gasteiger partial charge on any atom is 0.116 e. The first-order chi connectivity index (χ1) is 4.35. The van der Waals surface area contributed by atoms with Crippen molar-refractivity contribution < 1.29 is 9.13 Å². The van der Waals surface area contributed by atoms with Crippen molar-refractivity contribution in [1.29, 1.82) is 0 Å². The molecule has 0 saturated carbocycles. The fraction of sp³-hybridized carbons (Fsp3) is 1.00. The Bertz CT molecular complexity index is 57.0. The number of hydrogen-bond donors (Lipinski definition) is 1. The molecule has 1 atom stereocenters. The average Bonchev–Trinajstić information content (AvgIpc) is 1.91. The van der Waals surface area contributed by atoms with Crippen LogP contribution in [-0.4, -0.2) is 33.5 Å². The van der Waals surface area contributed by atoms with Gasteiger partial charge in [0.05, 0.1) is 6.10 Å². The van der Waals surface area contributed by atoms with E-state index in [0.29, 0.717) is 0 Å². The Kier molecular flexibility index (Phi) is 5.88. The smallest absolute Gasteiger partial charge is 0.116 e.